The fraction of sp³-hybridized carbons (Fsp3) is 0.440. The maximum absolute atomic E-state index is 14.2. The summed E-state index contributed by atoms with van der Waals surface area (Å²) in [5.41, 5.74) is -0.180. The van der Waals surface area contributed by atoms with E-state index in [0.717, 1.165) is 5.39 Å². The van der Waals surface area contributed by atoms with Crippen LogP contribution in [0.1, 0.15) is 44.7 Å². The molecule has 2 atom stereocenters. The van der Waals surface area contributed by atoms with Gasteiger partial charge in [0.2, 0.25) is 5.91 Å². The lowest BCUT2D eigenvalue weighted by Gasteiger charge is -2.29. The van der Waals surface area contributed by atoms with Crippen molar-refractivity contribution in [2.24, 2.45) is 5.92 Å². The van der Waals surface area contributed by atoms with Crippen LogP contribution in [0.4, 0.5) is 13.2 Å². The SMILES string of the molecule is COc1ccc2oc3cc(C(NC(CC(C)C)C(=O)NC4(C#N)CC4)C(F)(F)F)ccc3c2c1. The molecule has 1 saturated carbocycles. The van der Waals surface area contributed by atoms with E-state index in [0.29, 0.717) is 35.1 Å². The maximum Gasteiger partial charge on any atom is 0.407 e. The number of hydrogen-bond acceptors (Lipinski definition) is 5. The van der Waals surface area contributed by atoms with Gasteiger partial charge in [-0.2, -0.15) is 18.4 Å². The first kappa shape index (κ1) is 23.9. The number of nitrogens with one attached hydrogen (secondary N) is 2. The molecule has 1 aliphatic carbocycles. The summed E-state index contributed by atoms with van der Waals surface area (Å²) in [5.74, 6) is -0.0245. The van der Waals surface area contributed by atoms with E-state index in [1.165, 1.54) is 19.2 Å². The molecule has 2 N–H and O–H groups in total. The maximum atomic E-state index is 14.2. The van der Waals surface area contributed by atoms with Crippen LogP contribution in [-0.4, -0.2) is 30.8 Å². The van der Waals surface area contributed by atoms with Crippen LogP contribution in [0, 0.1) is 17.2 Å². The number of methoxy groups -OCH3 is 1. The fourth-order valence-corrected chi connectivity index (χ4v) is 4.10. The molecule has 4 rings (SSSR count). The Morgan fingerprint density at radius 3 is 2.50 bits per heavy atom. The number of carbonyl (C=O) groups excluding carboxylic acids is 1. The number of rotatable bonds is 8. The molecule has 0 aliphatic heterocycles. The first-order chi connectivity index (χ1) is 16.0. The third-order valence-electron chi connectivity index (χ3n) is 6.08. The molecule has 1 aromatic heterocycles. The zero-order chi connectivity index (χ0) is 24.7. The molecular formula is C25H26F3N3O3. The summed E-state index contributed by atoms with van der Waals surface area (Å²) in [6, 6.07) is 8.37. The van der Waals surface area contributed by atoms with Gasteiger partial charge in [-0.15, -0.1) is 0 Å². The predicted octanol–water partition coefficient (Wildman–Crippen LogP) is 5.37. The molecule has 2 aromatic carbocycles. The van der Waals surface area contributed by atoms with Crippen molar-refractivity contribution in [3.63, 3.8) is 0 Å². The highest BCUT2D eigenvalue weighted by Crippen LogP contribution is 2.38. The highest BCUT2D eigenvalue weighted by atomic mass is 19.4. The summed E-state index contributed by atoms with van der Waals surface area (Å²) < 4.78 is 53.6. The predicted molar refractivity (Wildman–Crippen MR) is 121 cm³/mol. The van der Waals surface area contributed by atoms with Gasteiger partial charge < -0.3 is 14.5 Å². The molecule has 1 amide bonds. The quantitative estimate of drug-likeness (QED) is 0.459. The van der Waals surface area contributed by atoms with Crippen LogP contribution in [0.3, 0.4) is 0 Å². The number of amides is 1. The molecule has 34 heavy (non-hydrogen) atoms. The highest BCUT2D eigenvalue weighted by molar-refractivity contribution is 6.05. The van der Waals surface area contributed by atoms with Crippen LogP contribution in [-0.2, 0) is 4.79 Å². The van der Waals surface area contributed by atoms with Gasteiger partial charge in [0.15, 0.2) is 0 Å². The summed E-state index contributed by atoms with van der Waals surface area (Å²) in [6.07, 6.45) is -3.47. The van der Waals surface area contributed by atoms with Gasteiger partial charge in [-0.25, -0.2) is 0 Å². The number of nitriles is 1. The van der Waals surface area contributed by atoms with Gasteiger partial charge in [-0.1, -0.05) is 26.0 Å². The minimum Gasteiger partial charge on any atom is -0.497 e. The molecule has 9 heteroatoms. The van der Waals surface area contributed by atoms with Crippen molar-refractivity contribution in [2.45, 2.75) is 56.9 Å². The standard InChI is InChI=1S/C25H26F3N3O3/c1-14(2)10-19(23(32)31-24(13-29)8-9-24)30-22(25(26,27)28)15-4-6-17-18-12-16(33-3)5-7-20(18)34-21(17)11-15/h4-7,11-12,14,19,22,30H,8-10H2,1-3H3,(H,31,32). The van der Waals surface area contributed by atoms with Gasteiger partial charge in [0.25, 0.3) is 0 Å². The first-order valence-corrected chi connectivity index (χ1v) is 11.1. The molecule has 180 valence electrons. The molecule has 3 aromatic rings. The lowest BCUT2D eigenvalue weighted by Crippen LogP contribution is -2.52. The second-order valence-corrected chi connectivity index (χ2v) is 9.23. The van der Waals surface area contributed by atoms with Crippen LogP contribution in [0.25, 0.3) is 21.9 Å². The van der Waals surface area contributed by atoms with Crippen LogP contribution >= 0.6 is 0 Å². The lowest BCUT2D eigenvalue weighted by atomic mass is 9.98. The van der Waals surface area contributed by atoms with Crippen molar-refractivity contribution < 1.29 is 27.1 Å². The van der Waals surface area contributed by atoms with Crippen LogP contribution in [0.5, 0.6) is 5.75 Å². The number of fused-ring (bicyclic) bond motifs is 3. The highest BCUT2D eigenvalue weighted by Gasteiger charge is 2.47. The molecule has 2 unspecified atom stereocenters. The number of nitrogens with zero attached hydrogens (tertiary/aromatic N) is 1. The number of carbonyl (C=O) groups is 1. The van der Waals surface area contributed by atoms with Crippen molar-refractivity contribution in [3.8, 4) is 11.8 Å². The molecule has 0 bridgehead atoms. The topological polar surface area (TPSA) is 87.3 Å². The monoisotopic (exact) mass is 473 g/mol. The van der Waals surface area contributed by atoms with Crippen LogP contribution in [0.2, 0.25) is 0 Å². The van der Waals surface area contributed by atoms with Crippen molar-refractivity contribution in [1.29, 1.82) is 5.26 Å². The average molecular weight is 473 g/mol. The summed E-state index contributed by atoms with van der Waals surface area (Å²) in [6.45, 7) is 3.66. The molecule has 0 radical (unpaired) electrons. The van der Waals surface area contributed by atoms with Gasteiger partial charge >= 0.3 is 6.18 Å². The van der Waals surface area contributed by atoms with E-state index in [1.54, 1.807) is 24.3 Å². The lowest BCUT2D eigenvalue weighted by molar-refractivity contribution is -0.161. The Hall–Kier alpha value is -3.25. The molecular weight excluding hydrogens is 447 g/mol. The van der Waals surface area contributed by atoms with Gasteiger partial charge in [-0.05, 0) is 55.0 Å². The summed E-state index contributed by atoms with van der Waals surface area (Å²) in [4.78, 5) is 12.9. The Labute approximate surface area is 195 Å². The average Bonchev–Trinajstić information content (AvgIpc) is 3.46. The van der Waals surface area contributed by atoms with Crippen LogP contribution in [0.15, 0.2) is 40.8 Å². The van der Waals surface area contributed by atoms with Crippen LogP contribution < -0.4 is 15.4 Å². The van der Waals surface area contributed by atoms with E-state index in [1.807, 2.05) is 19.9 Å². The van der Waals surface area contributed by atoms with Crippen molar-refractivity contribution in [3.05, 3.63) is 42.0 Å². The van der Waals surface area contributed by atoms with Gasteiger partial charge in [-0.3, -0.25) is 10.1 Å². The van der Waals surface area contributed by atoms with E-state index in [2.05, 4.69) is 10.6 Å². The second kappa shape index (κ2) is 8.84. The summed E-state index contributed by atoms with van der Waals surface area (Å²) >= 11 is 0. The third kappa shape index (κ3) is 4.82. The summed E-state index contributed by atoms with van der Waals surface area (Å²) in [7, 11) is 1.53. The number of benzene rings is 2. The number of halogens is 3. The van der Waals surface area contributed by atoms with Crippen molar-refractivity contribution in [1.82, 2.24) is 10.6 Å². The molecule has 6 nitrogen and oxygen atoms in total. The Morgan fingerprint density at radius 2 is 1.91 bits per heavy atom. The Balaban J connectivity index is 1.68. The molecule has 1 heterocycles. The Bertz CT molecular complexity index is 1260. The molecule has 0 saturated heterocycles. The fourth-order valence-electron chi connectivity index (χ4n) is 4.10. The second-order valence-electron chi connectivity index (χ2n) is 9.23. The van der Waals surface area contributed by atoms with E-state index < -0.39 is 29.7 Å². The zero-order valence-electron chi connectivity index (χ0n) is 19.1. The van der Waals surface area contributed by atoms with E-state index in [9.17, 15) is 23.2 Å². The minimum absolute atomic E-state index is 0.0396. The largest absolute Gasteiger partial charge is 0.497 e. The molecule has 1 aliphatic rings. The number of hydrogen-bond donors (Lipinski definition) is 2. The van der Waals surface area contributed by atoms with Gasteiger partial charge in [0.05, 0.1) is 19.2 Å². The van der Waals surface area contributed by atoms with E-state index in [-0.39, 0.29) is 17.9 Å². The third-order valence-corrected chi connectivity index (χ3v) is 6.08. The Morgan fingerprint density at radius 1 is 1.18 bits per heavy atom. The number of alkyl halides is 3. The smallest absolute Gasteiger partial charge is 0.407 e. The summed E-state index contributed by atoms with van der Waals surface area (Å²) in [5, 5.41) is 15.8. The number of ether oxygens (including phenoxy) is 1. The van der Waals surface area contributed by atoms with Crippen molar-refractivity contribution >= 4 is 27.8 Å². The first-order valence-electron chi connectivity index (χ1n) is 11.1. The number of furan rings is 1. The Kier molecular flexibility index (Phi) is 6.21. The minimum atomic E-state index is -4.66. The van der Waals surface area contributed by atoms with E-state index >= 15 is 0 Å². The van der Waals surface area contributed by atoms with E-state index in [4.69, 9.17) is 9.15 Å². The molecule has 0 spiro atoms. The van der Waals surface area contributed by atoms with Gasteiger partial charge in [0.1, 0.15) is 28.5 Å². The molecule has 1 fully saturated rings. The normalized spacial score (nSPS) is 16.9. The van der Waals surface area contributed by atoms with Crippen molar-refractivity contribution in [2.75, 3.05) is 7.11 Å². The zero-order valence-corrected chi connectivity index (χ0v) is 19.1. The van der Waals surface area contributed by atoms with Gasteiger partial charge in [0, 0.05) is 10.8 Å².